The highest BCUT2D eigenvalue weighted by Crippen LogP contribution is 2.49. The molecule has 1 aromatic carbocycles. The summed E-state index contributed by atoms with van der Waals surface area (Å²) in [7, 11) is 0. The standard InChI is InChI=1S/C15H18F6N2O.C5H12N2/c1-10-8-23(7-6-22-10)9-11-2-4-12(5-3-11)13(24,14(16,17)18)15(19,20)21;1-5-4-6-2-3-7-5/h2-5,10,22,24H,6-9H2,1H3;5-7H,2-4H2,1H3/t10-;5-/m00/s1. The Labute approximate surface area is 178 Å². The molecule has 11 heteroatoms. The fourth-order valence-electron chi connectivity index (χ4n) is 3.55. The molecule has 0 bridgehead atoms. The second-order valence-corrected chi connectivity index (χ2v) is 8.05. The van der Waals surface area contributed by atoms with Gasteiger partial charge in [-0.2, -0.15) is 26.3 Å². The molecule has 0 unspecified atom stereocenters. The van der Waals surface area contributed by atoms with Gasteiger partial charge in [0.15, 0.2) is 0 Å². The zero-order valence-electron chi connectivity index (χ0n) is 17.6. The van der Waals surface area contributed by atoms with E-state index in [1.807, 2.05) is 6.92 Å². The summed E-state index contributed by atoms with van der Waals surface area (Å²) in [6.07, 6.45) is -11.7. The Morgan fingerprint density at radius 2 is 1.48 bits per heavy atom. The zero-order chi connectivity index (χ0) is 23.3. The van der Waals surface area contributed by atoms with Crippen molar-refractivity contribution in [1.82, 2.24) is 20.9 Å². The van der Waals surface area contributed by atoms with Crippen LogP contribution in [0.25, 0.3) is 0 Å². The molecule has 2 atom stereocenters. The summed E-state index contributed by atoms with van der Waals surface area (Å²) < 4.78 is 76.9. The first-order valence-electron chi connectivity index (χ1n) is 10.2. The van der Waals surface area contributed by atoms with Gasteiger partial charge in [-0.25, -0.2) is 0 Å². The molecular weight excluding hydrogens is 426 g/mol. The Bertz CT molecular complexity index is 660. The predicted octanol–water partition coefficient (Wildman–Crippen LogP) is 2.36. The molecule has 3 rings (SSSR count). The average molecular weight is 456 g/mol. The number of aliphatic hydroxyl groups is 1. The van der Waals surface area contributed by atoms with Crippen LogP contribution in [0.4, 0.5) is 26.3 Å². The number of rotatable bonds is 3. The van der Waals surface area contributed by atoms with Crippen LogP contribution in [-0.2, 0) is 12.1 Å². The van der Waals surface area contributed by atoms with Crippen molar-refractivity contribution in [2.24, 2.45) is 0 Å². The van der Waals surface area contributed by atoms with Gasteiger partial charge in [-0.3, -0.25) is 4.90 Å². The van der Waals surface area contributed by atoms with Gasteiger partial charge in [0.05, 0.1) is 0 Å². The van der Waals surface area contributed by atoms with Gasteiger partial charge in [-0.05, 0) is 19.4 Å². The van der Waals surface area contributed by atoms with Crippen LogP contribution in [0.15, 0.2) is 24.3 Å². The lowest BCUT2D eigenvalue weighted by Crippen LogP contribution is -2.53. The Balaban J connectivity index is 0.000000412. The van der Waals surface area contributed by atoms with Crippen molar-refractivity contribution < 1.29 is 31.4 Å². The number of nitrogens with one attached hydrogen (secondary N) is 3. The summed E-state index contributed by atoms with van der Waals surface area (Å²) in [5.74, 6) is 0. The number of halogens is 6. The third-order valence-electron chi connectivity index (χ3n) is 5.30. The molecule has 0 aliphatic carbocycles. The maximum absolute atomic E-state index is 12.8. The molecule has 0 radical (unpaired) electrons. The van der Waals surface area contributed by atoms with Crippen molar-refractivity contribution >= 4 is 0 Å². The number of benzene rings is 1. The second kappa shape index (κ2) is 10.5. The van der Waals surface area contributed by atoms with Crippen LogP contribution in [0.1, 0.15) is 25.0 Å². The molecule has 2 fully saturated rings. The first kappa shape index (κ1) is 25.9. The number of hydrogen-bond acceptors (Lipinski definition) is 5. The van der Waals surface area contributed by atoms with Crippen molar-refractivity contribution in [3.63, 3.8) is 0 Å². The molecule has 2 heterocycles. The Kier molecular flexibility index (Phi) is 8.74. The average Bonchev–Trinajstić information content (AvgIpc) is 2.67. The summed E-state index contributed by atoms with van der Waals surface area (Å²) in [5, 5.41) is 19.2. The number of nitrogens with zero attached hydrogens (tertiary/aromatic N) is 1. The topological polar surface area (TPSA) is 59.6 Å². The third-order valence-corrected chi connectivity index (χ3v) is 5.30. The van der Waals surface area contributed by atoms with Crippen LogP contribution in [0.2, 0.25) is 0 Å². The van der Waals surface area contributed by atoms with Gasteiger partial charge in [0.25, 0.3) is 5.60 Å². The van der Waals surface area contributed by atoms with E-state index < -0.39 is 23.5 Å². The first-order valence-corrected chi connectivity index (χ1v) is 10.2. The van der Waals surface area contributed by atoms with Crippen molar-refractivity contribution in [2.45, 2.75) is 50.4 Å². The maximum Gasteiger partial charge on any atom is 0.430 e. The molecule has 0 saturated carbocycles. The smallest absolute Gasteiger partial charge is 0.369 e. The lowest BCUT2D eigenvalue weighted by Gasteiger charge is -2.33. The van der Waals surface area contributed by atoms with Gasteiger partial charge >= 0.3 is 12.4 Å². The van der Waals surface area contributed by atoms with Crippen LogP contribution in [-0.4, -0.2) is 73.7 Å². The van der Waals surface area contributed by atoms with Crippen LogP contribution in [0.3, 0.4) is 0 Å². The van der Waals surface area contributed by atoms with E-state index in [4.69, 9.17) is 0 Å². The highest BCUT2D eigenvalue weighted by atomic mass is 19.4. The van der Waals surface area contributed by atoms with Crippen molar-refractivity contribution in [2.75, 3.05) is 39.3 Å². The largest absolute Gasteiger partial charge is 0.430 e. The Morgan fingerprint density at radius 3 is 1.90 bits per heavy atom. The van der Waals surface area contributed by atoms with E-state index in [-0.39, 0.29) is 6.04 Å². The van der Waals surface area contributed by atoms with Crippen LogP contribution in [0.5, 0.6) is 0 Å². The number of hydrogen-bond donors (Lipinski definition) is 4. The summed E-state index contributed by atoms with van der Waals surface area (Å²) in [5.41, 5.74) is -5.53. The minimum absolute atomic E-state index is 0.263. The number of piperazine rings is 2. The lowest BCUT2D eigenvalue weighted by molar-refractivity contribution is -0.376. The molecule has 2 saturated heterocycles. The van der Waals surface area contributed by atoms with Crippen LogP contribution >= 0.6 is 0 Å². The molecule has 2 aliphatic heterocycles. The lowest BCUT2D eigenvalue weighted by atomic mass is 9.91. The van der Waals surface area contributed by atoms with Gasteiger partial charge in [-0.1, -0.05) is 24.3 Å². The molecule has 5 nitrogen and oxygen atoms in total. The predicted molar refractivity (Wildman–Crippen MR) is 106 cm³/mol. The van der Waals surface area contributed by atoms with E-state index in [0.29, 0.717) is 30.3 Å². The van der Waals surface area contributed by atoms with Crippen molar-refractivity contribution in [1.29, 1.82) is 0 Å². The third kappa shape index (κ3) is 6.79. The molecule has 4 N–H and O–H groups in total. The summed E-state index contributed by atoms with van der Waals surface area (Å²) in [4.78, 5) is 2.05. The van der Waals surface area contributed by atoms with E-state index in [1.165, 1.54) is 12.1 Å². The fourth-order valence-corrected chi connectivity index (χ4v) is 3.55. The van der Waals surface area contributed by atoms with Gasteiger partial charge in [0.1, 0.15) is 0 Å². The maximum atomic E-state index is 12.8. The molecule has 178 valence electrons. The van der Waals surface area contributed by atoms with Crippen LogP contribution < -0.4 is 16.0 Å². The fraction of sp³-hybridized carbons (Fsp3) is 0.700. The van der Waals surface area contributed by atoms with E-state index in [1.54, 1.807) is 0 Å². The van der Waals surface area contributed by atoms with Gasteiger partial charge < -0.3 is 21.1 Å². The highest BCUT2D eigenvalue weighted by molar-refractivity contribution is 5.30. The molecule has 0 spiro atoms. The van der Waals surface area contributed by atoms with Crippen LogP contribution in [0, 0.1) is 0 Å². The molecule has 2 aliphatic rings. The number of alkyl halides is 6. The summed E-state index contributed by atoms with van der Waals surface area (Å²) >= 11 is 0. The minimum Gasteiger partial charge on any atom is -0.369 e. The quantitative estimate of drug-likeness (QED) is 0.527. The SMILES string of the molecule is C[C@H]1CN(Cc2ccc(C(O)(C(F)(F)F)C(F)(F)F)cc2)CCN1.C[C@H]1CNCCN1. The Morgan fingerprint density at radius 1 is 0.903 bits per heavy atom. The minimum atomic E-state index is -5.86. The van der Waals surface area contributed by atoms with Gasteiger partial charge in [0.2, 0.25) is 0 Å². The summed E-state index contributed by atoms with van der Waals surface area (Å²) in [6, 6.07) is 4.67. The molecule has 0 aromatic heterocycles. The van der Waals surface area contributed by atoms with Gasteiger partial charge in [-0.15, -0.1) is 0 Å². The van der Waals surface area contributed by atoms with E-state index in [9.17, 15) is 31.4 Å². The van der Waals surface area contributed by atoms with E-state index in [0.717, 1.165) is 39.3 Å². The molecule has 31 heavy (non-hydrogen) atoms. The first-order chi connectivity index (χ1) is 14.3. The second-order valence-electron chi connectivity index (χ2n) is 8.05. The Hall–Kier alpha value is -1.40. The normalized spacial score (nSPS) is 23.8. The summed E-state index contributed by atoms with van der Waals surface area (Å²) in [6.45, 7) is 10.2. The molecule has 0 amide bonds. The zero-order valence-corrected chi connectivity index (χ0v) is 17.6. The molecule has 1 aromatic rings. The monoisotopic (exact) mass is 456 g/mol. The molecular formula is C20H30F6N4O. The van der Waals surface area contributed by atoms with E-state index in [2.05, 4.69) is 27.8 Å². The van der Waals surface area contributed by atoms with Gasteiger partial charge in [0, 0.05) is 63.5 Å². The van der Waals surface area contributed by atoms with E-state index >= 15 is 0 Å². The van der Waals surface area contributed by atoms with Crippen molar-refractivity contribution in [3.05, 3.63) is 35.4 Å². The van der Waals surface area contributed by atoms with Crippen molar-refractivity contribution in [3.8, 4) is 0 Å². The highest BCUT2D eigenvalue weighted by Gasteiger charge is 2.71.